The molecule has 1 heterocycles. The molecule has 0 bridgehead atoms. The zero-order valence-electron chi connectivity index (χ0n) is 11.7. The Morgan fingerprint density at radius 2 is 1.95 bits per heavy atom. The van der Waals surface area contributed by atoms with Crippen LogP contribution in [0.1, 0.15) is 25.2 Å². The molecule has 0 aliphatic carbocycles. The van der Waals surface area contributed by atoms with E-state index in [9.17, 15) is 8.78 Å². The molecule has 0 amide bonds. The van der Waals surface area contributed by atoms with Gasteiger partial charge in [0.15, 0.2) is 5.82 Å². The van der Waals surface area contributed by atoms with Crippen LogP contribution in [0.2, 0.25) is 10.0 Å². The Balaban J connectivity index is 2.26. The maximum atomic E-state index is 13.7. The third-order valence-electron chi connectivity index (χ3n) is 3.13. The lowest BCUT2D eigenvalue weighted by molar-refractivity contribution is 0.584. The topological polar surface area (TPSA) is 29.9 Å². The van der Waals surface area contributed by atoms with Crippen molar-refractivity contribution in [2.24, 2.45) is 0 Å². The van der Waals surface area contributed by atoms with Gasteiger partial charge in [-0.2, -0.15) is 5.10 Å². The summed E-state index contributed by atoms with van der Waals surface area (Å²) in [4.78, 5) is 0. The Morgan fingerprint density at radius 1 is 1.24 bits per heavy atom. The highest BCUT2D eigenvalue weighted by molar-refractivity contribution is 6.33. The average molecular weight is 334 g/mol. The van der Waals surface area contributed by atoms with Crippen LogP contribution in [-0.2, 0) is 19.5 Å². The first-order valence-electron chi connectivity index (χ1n) is 6.60. The molecule has 0 aliphatic rings. The summed E-state index contributed by atoms with van der Waals surface area (Å²) in [5.41, 5.74) is 1.59. The van der Waals surface area contributed by atoms with E-state index in [0.717, 1.165) is 23.5 Å². The number of rotatable bonds is 5. The maximum Gasteiger partial charge on any atom is 0.150 e. The van der Waals surface area contributed by atoms with Crippen molar-refractivity contribution in [3.63, 3.8) is 0 Å². The van der Waals surface area contributed by atoms with Crippen molar-refractivity contribution in [2.45, 2.75) is 33.4 Å². The molecule has 21 heavy (non-hydrogen) atoms. The Bertz CT molecular complexity index is 633. The molecule has 1 N–H and O–H groups in total. The Morgan fingerprint density at radius 3 is 2.52 bits per heavy atom. The third kappa shape index (κ3) is 3.30. The van der Waals surface area contributed by atoms with Gasteiger partial charge in [-0.1, -0.05) is 30.1 Å². The first kappa shape index (κ1) is 16.0. The minimum absolute atomic E-state index is 0.0121. The van der Waals surface area contributed by atoms with E-state index in [-0.39, 0.29) is 17.3 Å². The Kier molecular flexibility index (Phi) is 5.06. The average Bonchev–Trinajstić information content (AvgIpc) is 2.73. The van der Waals surface area contributed by atoms with Crippen molar-refractivity contribution in [1.29, 1.82) is 0 Å². The van der Waals surface area contributed by atoms with E-state index >= 15 is 0 Å². The third-order valence-corrected chi connectivity index (χ3v) is 3.87. The van der Waals surface area contributed by atoms with Gasteiger partial charge >= 0.3 is 0 Å². The van der Waals surface area contributed by atoms with Crippen LogP contribution in [0.25, 0.3) is 0 Å². The molecule has 2 rings (SSSR count). The normalized spacial score (nSPS) is 11.0. The molecular formula is C14H15Cl2F2N3. The largest absolute Gasteiger partial charge is 0.376 e. The number of nitrogens with zero attached hydrogens (tertiary/aromatic N) is 2. The van der Waals surface area contributed by atoms with Gasteiger partial charge in [0, 0.05) is 12.6 Å². The van der Waals surface area contributed by atoms with Crippen LogP contribution in [0.3, 0.4) is 0 Å². The number of nitrogens with one attached hydrogen (secondary N) is 1. The second kappa shape index (κ2) is 6.62. The summed E-state index contributed by atoms with van der Waals surface area (Å²) in [7, 11) is 0. The number of hydrogen-bond donors (Lipinski definition) is 1. The monoisotopic (exact) mass is 333 g/mol. The molecule has 114 valence electrons. The molecule has 2 aromatic rings. The SMILES string of the molecule is CCc1nn(CC)c(CNc2c(F)cc(F)cc2Cl)c1Cl. The fourth-order valence-electron chi connectivity index (χ4n) is 2.07. The van der Waals surface area contributed by atoms with E-state index in [1.54, 1.807) is 4.68 Å². The zero-order valence-corrected chi connectivity index (χ0v) is 13.2. The molecule has 0 radical (unpaired) electrons. The summed E-state index contributed by atoms with van der Waals surface area (Å²) in [6, 6.07) is 1.84. The fourth-order valence-corrected chi connectivity index (χ4v) is 2.67. The van der Waals surface area contributed by atoms with Crippen LogP contribution in [-0.4, -0.2) is 9.78 Å². The van der Waals surface area contributed by atoms with Crippen LogP contribution in [0.5, 0.6) is 0 Å². The molecule has 0 aliphatic heterocycles. The quantitative estimate of drug-likeness (QED) is 0.862. The first-order valence-corrected chi connectivity index (χ1v) is 7.35. The van der Waals surface area contributed by atoms with Gasteiger partial charge in [-0.3, -0.25) is 4.68 Å². The van der Waals surface area contributed by atoms with E-state index in [2.05, 4.69) is 10.4 Å². The second-order valence-electron chi connectivity index (χ2n) is 4.47. The second-order valence-corrected chi connectivity index (χ2v) is 5.26. The predicted octanol–water partition coefficient (Wildman–Crippen LogP) is 4.66. The summed E-state index contributed by atoms with van der Waals surface area (Å²) < 4.78 is 28.5. The van der Waals surface area contributed by atoms with Crippen molar-refractivity contribution in [3.05, 3.63) is 45.2 Å². The molecule has 0 unspecified atom stereocenters. The first-order chi connectivity index (χ1) is 9.97. The number of hydrogen-bond acceptors (Lipinski definition) is 2. The summed E-state index contributed by atoms with van der Waals surface area (Å²) in [5.74, 6) is -1.46. The molecule has 7 heteroatoms. The van der Waals surface area contributed by atoms with Crippen molar-refractivity contribution < 1.29 is 8.78 Å². The minimum atomic E-state index is -0.741. The number of halogens is 4. The summed E-state index contributed by atoms with van der Waals surface area (Å²) >= 11 is 12.1. The molecule has 0 spiro atoms. The van der Waals surface area contributed by atoms with Gasteiger partial charge in [-0.05, 0) is 19.4 Å². The maximum absolute atomic E-state index is 13.7. The lowest BCUT2D eigenvalue weighted by atomic mass is 10.2. The number of aryl methyl sites for hydroxylation is 2. The molecular weight excluding hydrogens is 319 g/mol. The van der Waals surface area contributed by atoms with Gasteiger partial charge in [-0.15, -0.1) is 0 Å². The Hall–Kier alpha value is -1.33. The smallest absolute Gasteiger partial charge is 0.150 e. The van der Waals surface area contributed by atoms with E-state index in [0.29, 0.717) is 18.0 Å². The van der Waals surface area contributed by atoms with Crippen molar-refractivity contribution in [3.8, 4) is 0 Å². The number of benzene rings is 1. The molecule has 0 saturated heterocycles. The van der Waals surface area contributed by atoms with Gasteiger partial charge in [0.25, 0.3) is 0 Å². The fraction of sp³-hybridized carbons (Fsp3) is 0.357. The zero-order chi connectivity index (χ0) is 15.6. The van der Waals surface area contributed by atoms with Crippen molar-refractivity contribution >= 4 is 28.9 Å². The van der Waals surface area contributed by atoms with Crippen LogP contribution in [0.4, 0.5) is 14.5 Å². The van der Waals surface area contributed by atoms with E-state index in [1.165, 1.54) is 0 Å². The summed E-state index contributed by atoms with van der Waals surface area (Å²) in [6.07, 6.45) is 0.713. The number of anilines is 1. The highest BCUT2D eigenvalue weighted by Gasteiger charge is 2.16. The summed E-state index contributed by atoms with van der Waals surface area (Å²) in [6.45, 7) is 4.80. The highest BCUT2D eigenvalue weighted by Crippen LogP contribution is 2.28. The van der Waals surface area contributed by atoms with E-state index in [1.807, 2.05) is 13.8 Å². The van der Waals surface area contributed by atoms with E-state index in [4.69, 9.17) is 23.2 Å². The number of aromatic nitrogens is 2. The summed E-state index contributed by atoms with van der Waals surface area (Å²) in [5, 5.41) is 7.78. The molecule has 1 aromatic heterocycles. The lowest BCUT2D eigenvalue weighted by Crippen LogP contribution is -2.09. The van der Waals surface area contributed by atoms with Gasteiger partial charge in [-0.25, -0.2) is 8.78 Å². The molecule has 0 saturated carbocycles. The van der Waals surface area contributed by atoms with Crippen LogP contribution in [0, 0.1) is 11.6 Å². The molecule has 0 fully saturated rings. The van der Waals surface area contributed by atoms with E-state index < -0.39 is 11.6 Å². The van der Waals surface area contributed by atoms with Gasteiger partial charge in [0.1, 0.15) is 5.82 Å². The minimum Gasteiger partial charge on any atom is -0.376 e. The van der Waals surface area contributed by atoms with Gasteiger partial charge < -0.3 is 5.32 Å². The van der Waals surface area contributed by atoms with Crippen molar-refractivity contribution in [2.75, 3.05) is 5.32 Å². The Labute approximate surface area is 131 Å². The standard InChI is InChI=1S/C14H15Cl2F2N3/c1-3-11-13(16)12(21(4-2)20-11)7-19-14-9(15)5-8(17)6-10(14)18/h5-6,19H,3-4,7H2,1-2H3. The lowest BCUT2D eigenvalue weighted by Gasteiger charge is -2.11. The predicted molar refractivity (Wildman–Crippen MR) is 81.0 cm³/mol. The molecule has 1 aromatic carbocycles. The molecule has 3 nitrogen and oxygen atoms in total. The highest BCUT2D eigenvalue weighted by atomic mass is 35.5. The van der Waals surface area contributed by atoms with Crippen LogP contribution < -0.4 is 5.32 Å². The van der Waals surface area contributed by atoms with Crippen LogP contribution in [0.15, 0.2) is 12.1 Å². The van der Waals surface area contributed by atoms with Gasteiger partial charge in [0.05, 0.1) is 33.7 Å². The molecule has 0 atom stereocenters. The van der Waals surface area contributed by atoms with Gasteiger partial charge in [0.2, 0.25) is 0 Å². The van der Waals surface area contributed by atoms with Crippen LogP contribution >= 0.6 is 23.2 Å². The van der Waals surface area contributed by atoms with Crippen molar-refractivity contribution in [1.82, 2.24) is 9.78 Å².